The van der Waals surface area contributed by atoms with Crippen LogP contribution in [-0.4, -0.2) is 44.8 Å². The Hall–Kier alpha value is -3.73. The standard InChI is InChI=1S/C25H26N6O2/c26-16-17-5-8-20(9-6-17)27-24(32)18-11-13-30(14-12-18)25(33)19-7-10-23-22(15-19)28-29-31(23)21-3-1-2-4-21/h5-10,15,18,21H,1-4,11-14H2,(H,27,32). The fourth-order valence-electron chi connectivity index (χ4n) is 4.89. The molecule has 5 rings (SSSR count). The van der Waals surface area contributed by atoms with E-state index in [0.717, 1.165) is 23.9 Å². The SMILES string of the molecule is N#Cc1ccc(NC(=O)C2CCN(C(=O)c3ccc4c(c3)nnn4C3CCCC3)CC2)cc1. The minimum atomic E-state index is -0.140. The minimum absolute atomic E-state index is 0.0294. The Kier molecular flexibility index (Phi) is 5.78. The maximum absolute atomic E-state index is 13.1. The first-order chi connectivity index (χ1) is 16.1. The molecule has 168 valence electrons. The molecule has 0 unspecified atom stereocenters. The molecule has 1 aliphatic heterocycles. The quantitative estimate of drug-likeness (QED) is 0.660. The summed E-state index contributed by atoms with van der Waals surface area (Å²) in [6, 6.07) is 14.9. The number of amides is 2. The number of carbonyl (C=O) groups excluding carboxylic acids is 2. The fourth-order valence-corrected chi connectivity index (χ4v) is 4.89. The van der Waals surface area contributed by atoms with Crippen molar-refractivity contribution in [2.24, 2.45) is 5.92 Å². The van der Waals surface area contributed by atoms with Crippen LogP contribution >= 0.6 is 0 Å². The van der Waals surface area contributed by atoms with Gasteiger partial charge in [0.25, 0.3) is 5.91 Å². The lowest BCUT2D eigenvalue weighted by Crippen LogP contribution is -2.41. The van der Waals surface area contributed by atoms with Crippen LogP contribution in [0.5, 0.6) is 0 Å². The zero-order chi connectivity index (χ0) is 22.8. The normalized spacial score (nSPS) is 17.2. The van der Waals surface area contributed by atoms with Gasteiger partial charge in [0.15, 0.2) is 0 Å². The molecule has 1 aliphatic carbocycles. The van der Waals surface area contributed by atoms with E-state index in [2.05, 4.69) is 21.7 Å². The summed E-state index contributed by atoms with van der Waals surface area (Å²) in [6.07, 6.45) is 5.95. The highest BCUT2D eigenvalue weighted by atomic mass is 16.2. The number of nitrogens with one attached hydrogen (secondary N) is 1. The van der Waals surface area contributed by atoms with Crippen LogP contribution in [0.25, 0.3) is 11.0 Å². The molecule has 8 heteroatoms. The van der Waals surface area contributed by atoms with E-state index in [1.165, 1.54) is 12.8 Å². The molecule has 3 aromatic rings. The fraction of sp³-hybridized carbons (Fsp3) is 0.400. The lowest BCUT2D eigenvalue weighted by atomic mass is 9.95. The molecular formula is C25H26N6O2. The number of hydrogen-bond acceptors (Lipinski definition) is 5. The Labute approximate surface area is 192 Å². The van der Waals surface area contributed by atoms with Crippen LogP contribution in [0.4, 0.5) is 5.69 Å². The first-order valence-corrected chi connectivity index (χ1v) is 11.6. The number of anilines is 1. The Balaban J connectivity index is 1.20. The lowest BCUT2D eigenvalue weighted by Gasteiger charge is -2.31. The summed E-state index contributed by atoms with van der Waals surface area (Å²) >= 11 is 0. The van der Waals surface area contributed by atoms with Gasteiger partial charge in [0.1, 0.15) is 5.52 Å². The van der Waals surface area contributed by atoms with Gasteiger partial charge in [0, 0.05) is 30.3 Å². The Bertz CT molecular complexity index is 1210. The van der Waals surface area contributed by atoms with Crippen LogP contribution in [0.3, 0.4) is 0 Å². The zero-order valence-electron chi connectivity index (χ0n) is 18.4. The van der Waals surface area contributed by atoms with Gasteiger partial charge in [-0.2, -0.15) is 5.26 Å². The van der Waals surface area contributed by atoms with Crippen molar-refractivity contribution in [1.29, 1.82) is 5.26 Å². The van der Waals surface area contributed by atoms with Gasteiger partial charge in [0.2, 0.25) is 5.91 Å². The first kappa shape index (κ1) is 21.1. The van der Waals surface area contributed by atoms with Crippen LogP contribution in [-0.2, 0) is 4.79 Å². The molecule has 0 bridgehead atoms. The molecule has 1 saturated carbocycles. The minimum Gasteiger partial charge on any atom is -0.339 e. The topological polar surface area (TPSA) is 104 Å². The highest BCUT2D eigenvalue weighted by Crippen LogP contribution is 2.31. The van der Waals surface area contributed by atoms with Crippen LogP contribution < -0.4 is 5.32 Å². The molecular weight excluding hydrogens is 416 g/mol. The number of aromatic nitrogens is 3. The van der Waals surface area contributed by atoms with E-state index in [0.29, 0.717) is 48.8 Å². The zero-order valence-corrected chi connectivity index (χ0v) is 18.4. The van der Waals surface area contributed by atoms with Crippen molar-refractivity contribution < 1.29 is 9.59 Å². The predicted molar refractivity (Wildman–Crippen MR) is 123 cm³/mol. The molecule has 0 spiro atoms. The first-order valence-electron chi connectivity index (χ1n) is 11.6. The monoisotopic (exact) mass is 442 g/mol. The summed E-state index contributed by atoms with van der Waals surface area (Å²) < 4.78 is 2.01. The Morgan fingerprint density at radius 3 is 2.42 bits per heavy atom. The number of nitrogens with zero attached hydrogens (tertiary/aromatic N) is 5. The van der Waals surface area contributed by atoms with Crippen LogP contribution in [0.2, 0.25) is 0 Å². The van der Waals surface area contributed by atoms with E-state index >= 15 is 0 Å². The molecule has 2 heterocycles. The van der Waals surface area contributed by atoms with Crippen LogP contribution in [0.15, 0.2) is 42.5 Å². The van der Waals surface area contributed by atoms with Crippen LogP contribution in [0.1, 0.15) is 60.5 Å². The maximum atomic E-state index is 13.1. The van der Waals surface area contributed by atoms with Crippen molar-refractivity contribution >= 4 is 28.5 Å². The second kappa shape index (κ2) is 9.02. The van der Waals surface area contributed by atoms with Crippen molar-refractivity contribution in [3.8, 4) is 6.07 Å². The van der Waals surface area contributed by atoms with E-state index in [1.54, 1.807) is 24.3 Å². The number of likely N-dealkylation sites (tertiary alicyclic amines) is 1. The van der Waals surface area contributed by atoms with Gasteiger partial charge in [-0.1, -0.05) is 18.1 Å². The summed E-state index contributed by atoms with van der Waals surface area (Å²) in [7, 11) is 0. The summed E-state index contributed by atoms with van der Waals surface area (Å²) in [5, 5.41) is 20.5. The van der Waals surface area contributed by atoms with E-state index in [4.69, 9.17) is 5.26 Å². The van der Waals surface area contributed by atoms with Gasteiger partial charge < -0.3 is 10.2 Å². The number of carbonyl (C=O) groups is 2. The van der Waals surface area contributed by atoms with Crippen molar-refractivity contribution in [2.45, 2.75) is 44.6 Å². The number of fused-ring (bicyclic) bond motifs is 1. The highest BCUT2D eigenvalue weighted by Gasteiger charge is 2.28. The molecule has 33 heavy (non-hydrogen) atoms. The van der Waals surface area contributed by atoms with E-state index in [9.17, 15) is 9.59 Å². The van der Waals surface area contributed by atoms with Gasteiger partial charge >= 0.3 is 0 Å². The Morgan fingerprint density at radius 2 is 1.73 bits per heavy atom. The smallest absolute Gasteiger partial charge is 0.253 e. The molecule has 0 radical (unpaired) electrons. The predicted octanol–water partition coefficient (Wildman–Crippen LogP) is 3.91. The molecule has 1 aromatic heterocycles. The largest absolute Gasteiger partial charge is 0.339 e. The van der Waals surface area contributed by atoms with Gasteiger partial charge in [-0.3, -0.25) is 9.59 Å². The summed E-state index contributed by atoms with van der Waals surface area (Å²) in [5.74, 6) is -0.214. The average molecular weight is 443 g/mol. The molecule has 2 amide bonds. The molecule has 1 N–H and O–H groups in total. The van der Waals surface area contributed by atoms with Gasteiger partial charge in [-0.25, -0.2) is 4.68 Å². The van der Waals surface area contributed by atoms with Crippen molar-refractivity contribution in [3.63, 3.8) is 0 Å². The summed E-state index contributed by atoms with van der Waals surface area (Å²) in [5.41, 5.74) is 3.58. The van der Waals surface area contributed by atoms with Crippen LogP contribution in [0, 0.1) is 17.2 Å². The van der Waals surface area contributed by atoms with Gasteiger partial charge in [0.05, 0.1) is 23.2 Å². The molecule has 2 fully saturated rings. The Morgan fingerprint density at radius 1 is 1.00 bits per heavy atom. The summed E-state index contributed by atoms with van der Waals surface area (Å²) in [6.45, 7) is 1.08. The third-order valence-electron chi connectivity index (χ3n) is 6.82. The molecule has 8 nitrogen and oxygen atoms in total. The number of rotatable bonds is 4. The van der Waals surface area contributed by atoms with Gasteiger partial charge in [-0.05, 0) is 68.1 Å². The molecule has 1 saturated heterocycles. The number of nitriles is 1. The molecule has 2 aromatic carbocycles. The van der Waals surface area contributed by atoms with Gasteiger partial charge in [-0.15, -0.1) is 5.10 Å². The van der Waals surface area contributed by atoms with Crippen molar-refractivity contribution in [2.75, 3.05) is 18.4 Å². The maximum Gasteiger partial charge on any atom is 0.253 e. The number of piperidine rings is 1. The average Bonchev–Trinajstić information content (AvgIpc) is 3.53. The highest BCUT2D eigenvalue weighted by molar-refractivity contribution is 5.98. The summed E-state index contributed by atoms with van der Waals surface area (Å²) in [4.78, 5) is 27.5. The lowest BCUT2D eigenvalue weighted by molar-refractivity contribution is -0.121. The van der Waals surface area contributed by atoms with E-state index in [-0.39, 0.29) is 17.7 Å². The number of hydrogen-bond donors (Lipinski definition) is 1. The van der Waals surface area contributed by atoms with E-state index in [1.807, 2.05) is 27.8 Å². The van der Waals surface area contributed by atoms with Crippen molar-refractivity contribution in [1.82, 2.24) is 19.9 Å². The van der Waals surface area contributed by atoms with Crippen molar-refractivity contribution in [3.05, 3.63) is 53.6 Å². The molecule has 0 atom stereocenters. The number of benzene rings is 2. The molecule has 2 aliphatic rings. The second-order valence-corrected chi connectivity index (χ2v) is 8.92. The third kappa shape index (κ3) is 4.31. The second-order valence-electron chi connectivity index (χ2n) is 8.92. The van der Waals surface area contributed by atoms with E-state index < -0.39 is 0 Å². The third-order valence-corrected chi connectivity index (χ3v) is 6.82.